The quantitative estimate of drug-likeness (QED) is 0.0719. The average Bonchev–Trinajstić information content (AvgIpc) is 3.18. The standard InChI is InChI=1S/C42H52O11/c1-10-49-27(4)52-39(29-19-15-13-16-20-29)31-23-35(45-6)37(47-8)25-33(31)42(44,41(43)51-12-3)34-26-38(48-9)36(46-7)24-32(34)40(53-28(5)50-11-2)30-21-17-14-18-22-30/h13-28,39-40,44H,10-12H2,1-9H3. The van der Waals surface area contributed by atoms with Crippen LogP contribution in [0.2, 0.25) is 0 Å². The number of carbonyl (C=O) groups is 1. The summed E-state index contributed by atoms with van der Waals surface area (Å²) in [5.74, 6) is 0.225. The third-order valence-electron chi connectivity index (χ3n) is 8.69. The van der Waals surface area contributed by atoms with Crippen LogP contribution in [0.3, 0.4) is 0 Å². The van der Waals surface area contributed by atoms with Crippen molar-refractivity contribution in [1.82, 2.24) is 0 Å². The first-order valence-electron chi connectivity index (χ1n) is 17.7. The van der Waals surface area contributed by atoms with Crippen LogP contribution in [0.1, 0.15) is 80.2 Å². The van der Waals surface area contributed by atoms with Gasteiger partial charge in [-0.25, -0.2) is 4.79 Å². The normalized spacial score (nSPS) is 14.7. The lowest BCUT2D eigenvalue weighted by atomic mass is 9.77. The van der Waals surface area contributed by atoms with Gasteiger partial charge in [0.2, 0.25) is 5.60 Å². The van der Waals surface area contributed by atoms with E-state index in [4.69, 9.17) is 42.6 Å². The zero-order chi connectivity index (χ0) is 38.5. The first-order valence-corrected chi connectivity index (χ1v) is 17.7. The van der Waals surface area contributed by atoms with E-state index in [-0.39, 0.29) is 29.2 Å². The topological polar surface area (TPSA) is 120 Å². The van der Waals surface area contributed by atoms with Crippen LogP contribution in [0.25, 0.3) is 0 Å². The number of carbonyl (C=O) groups excluding carboxylic acids is 1. The molecule has 0 saturated carbocycles. The lowest BCUT2D eigenvalue weighted by Gasteiger charge is -2.36. The maximum absolute atomic E-state index is 14.7. The van der Waals surface area contributed by atoms with Gasteiger partial charge in [0.1, 0.15) is 12.2 Å². The number of aliphatic hydroxyl groups is 1. The molecular weight excluding hydrogens is 680 g/mol. The van der Waals surface area contributed by atoms with Gasteiger partial charge in [-0.1, -0.05) is 60.7 Å². The number of methoxy groups -OCH3 is 4. The summed E-state index contributed by atoms with van der Waals surface area (Å²) < 4.78 is 53.7. The Balaban J connectivity index is 2.20. The molecule has 0 amide bonds. The van der Waals surface area contributed by atoms with Crippen molar-refractivity contribution in [3.8, 4) is 23.0 Å². The number of hydrogen-bond acceptors (Lipinski definition) is 11. The summed E-state index contributed by atoms with van der Waals surface area (Å²) in [6, 6.07) is 25.4. The van der Waals surface area contributed by atoms with Crippen molar-refractivity contribution in [2.45, 2.75) is 65.0 Å². The minimum Gasteiger partial charge on any atom is -0.493 e. The molecule has 0 spiro atoms. The van der Waals surface area contributed by atoms with E-state index in [0.29, 0.717) is 35.8 Å². The maximum Gasteiger partial charge on any atom is 0.347 e. The molecule has 4 aromatic carbocycles. The van der Waals surface area contributed by atoms with E-state index >= 15 is 0 Å². The Labute approximate surface area is 312 Å². The Morgan fingerprint density at radius 2 is 0.943 bits per heavy atom. The highest BCUT2D eigenvalue weighted by Crippen LogP contribution is 2.49. The maximum atomic E-state index is 14.7. The highest BCUT2D eigenvalue weighted by atomic mass is 16.7. The van der Waals surface area contributed by atoms with Gasteiger partial charge in [-0.15, -0.1) is 0 Å². The van der Waals surface area contributed by atoms with Crippen molar-refractivity contribution in [3.05, 3.63) is 118 Å². The molecule has 0 aliphatic rings. The molecule has 53 heavy (non-hydrogen) atoms. The third-order valence-corrected chi connectivity index (χ3v) is 8.69. The molecule has 4 rings (SSSR count). The predicted octanol–water partition coefficient (Wildman–Crippen LogP) is 7.50. The molecule has 11 heteroatoms. The number of esters is 1. The Morgan fingerprint density at radius 1 is 0.585 bits per heavy atom. The van der Waals surface area contributed by atoms with Crippen molar-refractivity contribution in [1.29, 1.82) is 0 Å². The molecule has 0 aliphatic carbocycles. The predicted molar refractivity (Wildman–Crippen MR) is 200 cm³/mol. The largest absolute Gasteiger partial charge is 0.493 e. The van der Waals surface area contributed by atoms with Gasteiger partial charge in [-0.3, -0.25) is 0 Å². The van der Waals surface area contributed by atoms with E-state index in [0.717, 1.165) is 11.1 Å². The second-order valence-corrected chi connectivity index (χ2v) is 11.9. The number of rotatable bonds is 20. The van der Waals surface area contributed by atoms with Crippen LogP contribution in [-0.4, -0.2) is 71.9 Å². The summed E-state index contributed by atoms with van der Waals surface area (Å²) in [6.07, 6.45) is -3.13. The van der Waals surface area contributed by atoms with Crippen molar-refractivity contribution in [2.75, 3.05) is 48.3 Å². The molecule has 0 aromatic heterocycles. The van der Waals surface area contributed by atoms with E-state index < -0.39 is 36.4 Å². The minimum absolute atomic E-state index is 0.0354. The Bertz CT molecular complexity index is 1630. The van der Waals surface area contributed by atoms with Crippen LogP contribution in [0.5, 0.6) is 23.0 Å². The average molecular weight is 733 g/mol. The van der Waals surface area contributed by atoms with Crippen molar-refractivity contribution >= 4 is 5.97 Å². The summed E-state index contributed by atoms with van der Waals surface area (Å²) in [5, 5.41) is 13.5. The van der Waals surface area contributed by atoms with Crippen LogP contribution in [0.4, 0.5) is 0 Å². The lowest BCUT2D eigenvalue weighted by molar-refractivity contribution is -0.163. The van der Waals surface area contributed by atoms with Gasteiger partial charge in [-0.2, -0.15) is 0 Å². The summed E-state index contributed by atoms with van der Waals surface area (Å²) in [4.78, 5) is 14.7. The zero-order valence-electron chi connectivity index (χ0n) is 32.0. The second-order valence-electron chi connectivity index (χ2n) is 11.9. The zero-order valence-corrected chi connectivity index (χ0v) is 32.0. The number of ether oxygens (including phenoxy) is 9. The molecule has 0 aliphatic heterocycles. The van der Waals surface area contributed by atoms with Crippen molar-refractivity contribution < 1.29 is 52.5 Å². The van der Waals surface area contributed by atoms with Gasteiger partial charge >= 0.3 is 5.97 Å². The van der Waals surface area contributed by atoms with Gasteiger partial charge in [0.05, 0.1) is 35.0 Å². The van der Waals surface area contributed by atoms with Crippen LogP contribution in [0, 0.1) is 0 Å². The molecule has 11 nitrogen and oxygen atoms in total. The highest BCUT2D eigenvalue weighted by Gasteiger charge is 2.48. The number of hydrogen-bond donors (Lipinski definition) is 1. The molecule has 4 aromatic rings. The summed E-state index contributed by atoms with van der Waals surface area (Å²) in [6.45, 7) is 9.73. The molecule has 0 bridgehead atoms. The first kappa shape index (κ1) is 41.1. The van der Waals surface area contributed by atoms with Gasteiger partial charge < -0.3 is 47.7 Å². The lowest BCUT2D eigenvalue weighted by Crippen LogP contribution is -2.41. The van der Waals surface area contributed by atoms with E-state index in [2.05, 4.69) is 0 Å². The SMILES string of the molecule is CCOC(=O)C(O)(c1cc(OC)c(OC)cc1C(OC(C)OCC)c1ccccc1)c1cc(OC)c(OC)cc1C(OC(C)OCC)c1ccccc1. The molecule has 1 N–H and O–H groups in total. The second kappa shape index (κ2) is 19.4. The fourth-order valence-electron chi connectivity index (χ4n) is 6.30. The van der Waals surface area contributed by atoms with E-state index in [1.54, 1.807) is 45.0 Å². The summed E-state index contributed by atoms with van der Waals surface area (Å²) >= 11 is 0. The summed E-state index contributed by atoms with van der Waals surface area (Å²) in [7, 11) is 5.97. The van der Waals surface area contributed by atoms with E-state index in [9.17, 15) is 9.90 Å². The van der Waals surface area contributed by atoms with Crippen LogP contribution in [0.15, 0.2) is 84.9 Å². The molecule has 4 atom stereocenters. The molecule has 0 radical (unpaired) electrons. The fraction of sp³-hybridized carbons (Fsp3) is 0.405. The monoisotopic (exact) mass is 732 g/mol. The molecular formula is C42H52O11. The van der Waals surface area contributed by atoms with Crippen molar-refractivity contribution in [2.24, 2.45) is 0 Å². The smallest absolute Gasteiger partial charge is 0.347 e. The molecule has 286 valence electrons. The van der Waals surface area contributed by atoms with Crippen LogP contribution < -0.4 is 18.9 Å². The third kappa shape index (κ3) is 9.30. The molecule has 0 saturated heterocycles. The van der Waals surface area contributed by atoms with Crippen molar-refractivity contribution in [3.63, 3.8) is 0 Å². The fourth-order valence-corrected chi connectivity index (χ4v) is 6.30. The van der Waals surface area contributed by atoms with Gasteiger partial charge in [-0.05, 0) is 81.1 Å². The van der Waals surface area contributed by atoms with Gasteiger partial charge in [0, 0.05) is 24.3 Å². The highest BCUT2D eigenvalue weighted by molar-refractivity contribution is 5.87. The van der Waals surface area contributed by atoms with Crippen LogP contribution >= 0.6 is 0 Å². The molecule has 4 unspecified atom stereocenters. The Kier molecular flexibility index (Phi) is 15.1. The molecule has 0 heterocycles. The number of benzene rings is 4. The minimum atomic E-state index is -2.55. The Hall–Kier alpha value is -4.65. The van der Waals surface area contributed by atoms with Crippen LogP contribution in [-0.2, 0) is 34.1 Å². The van der Waals surface area contributed by atoms with E-state index in [1.165, 1.54) is 28.4 Å². The van der Waals surface area contributed by atoms with Gasteiger partial charge in [0.15, 0.2) is 35.6 Å². The molecule has 0 fully saturated rings. The first-order chi connectivity index (χ1) is 25.6. The Morgan fingerprint density at radius 3 is 1.26 bits per heavy atom. The van der Waals surface area contributed by atoms with E-state index in [1.807, 2.05) is 74.5 Å². The summed E-state index contributed by atoms with van der Waals surface area (Å²) in [5.41, 5.74) is -0.123. The van der Waals surface area contributed by atoms with Gasteiger partial charge in [0.25, 0.3) is 0 Å².